The molecular weight excluding hydrogens is 244 g/mol. The minimum Gasteiger partial charge on any atom is -0.466 e. The van der Waals surface area contributed by atoms with Gasteiger partial charge in [0, 0.05) is 0 Å². The molecule has 0 unspecified atom stereocenters. The third kappa shape index (κ3) is 2.86. The van der Waals surface area contributed by atoms with E-state index in [1.54, 1.807) is 6.92 Å². The summed E-state index contributed by atoms with van der Waals surface area (Å²) in [6, 6.07) is 0. The molecule has 0 atom stereocenters. The van der Waals surface area contributed by atoms with Crippen LogP contribution in [-0.4, -0.2) is 22.8 Å². The Morgan fingerprint density at radius 3 is 2.92 bits per heavy atom. The summed E-state index contributed by atoms with van der Waals surface area (Å²) < 4.78 is 5.42. The van der Waals surface area contributed by atoms with E-state index in [-0.39, 0.29) is 12.4 Å². The number of hydrogen-bond acceptors (Lipinski definition) is 5. The highest BCUT2D eigenvalue weighted by atomic mass is 79.9. The van der Waals surface area contributed by atoms with Gasteiger partial charge < -0.3 is 4.74 Å². The number of ether oxygens (including phenoxy) is 1. The van der Waals surface area contributed by atoms with Crippen molar-refractivity contribution in [2.24, 2.45) is 0 Å². The van der Waals surface area contributed by atoms with Gasteiger partial charge in [-0.15, -0.1) is 10.2 Å². The molecule has 0 N–H and O–H groups in total. The molecule has 0 aliphatic heterocycles. The lowest BCUT2D eigenvalue weighted by Crippen LogP contribution is -2.07. The molecule has 0 saturated heterocycles. The van der Waals surface area contributed by atoms with Crippen LogP contribution in [0.1, 0.15) is 11.9 Å². The van der Waals surface area contributed by atoms with Gasteiger partial charge in [-0.05, 0) is 22.9 Å². The first-order valence-corrected chi connectivity index (χ1v) is 4.97. The molecule has 6 heteroatoms. The van der Waals surface area contributed by atoms with Gasteiger partial charge in [-0.2, -0.15) is 0 Å². The minimum absolute atomic E-state index is 0.205. The van der Waals surface area contributed by atoms with E-state index in [0.717, 1.165) is 0 Å². The second kappa shape index (κ2) is 4.51. The Morgan fingerprint density at radius 1 is 1.67 bits per heavy atom. The molecule has 0 amide bonds. The van der Waals surface area contributed by atoms with Gasteiger partial charge in [-0.25, -0.2) is 0 Å². The van der Waals surface area contributed by atoms with E-state index in [4.69, 9.17) is 4.74 Å². The largest absolute Gasteiger partial charge is 0.466 e. The van der Waals surface area contributed by atoms with E-state index in [1.807, 2.05) is 0 Å². The zero-order chi connectivity index (χ0) is 8.97. The average Bonchev–Trinajstić information content (AvgIpc) is 2.36. The summed E-state index contributed by atoms with van der Waals surface area (Å²) in [7, 11) is 0. The van der Waals surface area contributed by atoms with Crippen LogP contribution >= 0.6 is 27.3 Å². The number of carbonyl (C=O) groups excluding carboxylic acids is 1. The van der Waals surface area contributed by atoms with Crippen molar-refractivity contribution >= 4 is 33.2 Å². The molecule has 0 saturated carbocycles. The molecule has 0 fully saturated rings. The Balaban J connectivity index is 2.46. The smallest absolute Gasteiger partial charge is 0.312 e. The van der Waals surface area contributed by atoms with Gasteiger partial charge in [-0.1, -0.05) is 11.3 Å². The lowest BCUT2D eigenvalue weighted by Gasteiger charge is -1.96. The number of rotatable bonds is 3. The first-order chi connectivity index (χ1) is 5.72. The van der Waals surface area contributed by atoms with Crippen LogP contribution in [-0.2, 0) is 16.0 Å². The summed E-state index contributed by atoms with van der Waals surface area (Å²) in [6.07, 6.45) is 0.205. The first kappa shape index (κ1) is 9.60. The quantitative estimate of drug-likeness (QED) is 0.762. The van der Waals surface area contributed by atoms with Crippen molar-refractivity contribution < 1.29 is 9.53 Å². The highest BCUT2D eigenvalue weighted by Gasteiger charge is 2.08. The van der Waals surface area contributed by atoms with Crippen LogP contribution in [0, 0.1) is 0 Å². The fraction of sp³-hybridized carbons (Fsp3) is 0.500. The fourth-order valence-corrected chi connectivity index (χ4v) is 1.83. The maximum atomic E-state index is 10.9. The molecule has 0 bridgehead atoms. The number of esters is 1. The van der Waals surface area contributed by atoms with Crippen LogP contribution in [0.2, 0.25) is 0 Å². The van der Waals surface area contributed by atoms with Gasteiger partial charge in [0.25, 0.3) is 0 Å². The normalized spacial score (nSPS) is 9.83. The minimum atomic E-state index is -0.263. The molecule has 0 aliphatic rings. The molecule has 1 rings (SSSR count). The maximum absolute atomic E-state index is 10.9. The van der Waals surface area contributed by atoms with Crippen molar-refractivity contribution in [2.75, 3.05) is 6.61 Å². The van der Waals surface area contributed by atoms with Crippen LogP contribution in [0.25, 0.3) is 0 Å². The number of halogens is 1. The molecule has 1 heterocycles. The molecule has 0 aromatic carbocycles. The second-order valence-electron chi connectivity index (χ2n) is 1.93. The zero-order valence-corrected chi connectivity index (χ0v) is 8.81. The van der Waals surface area contributed by atoms with Gasteiger partial charge in [-0.3, -0.25) is 4.79 Å². The second-order valence-corrected chi connectivity index (χ2v) is 4.27. The van der Waals surface area contributed by atoms with Crippen LogP contribution in [0.3, 0.4) is 0 Å². The number of hydrogen-bond donors (Lipinski definition) is 0. The highest BCUT2D eigenvalue weighted by Crippen LogP contribution is 2.16. The molecule has 0 aliphatic carbocycles. The third-order valence-corrected chi connectivity index (χ3v) is 2.40. The third-order valence-electron chi connectivity index (χ3n) is 1.04. The predicted molar refractivity (Wildman–Crippen MR) is 47.9 cm³/mol. The van der Waals surface area contributed by atoms with E-state index in [9.17, 15) is 4.79 Å². The zero-order valence-electron chi connectivity index (χ0n) is 6.41. The van der Waals surface area contributed by atoms with Gasteiger partial charge in [0.15, 0.2) is 3.92 Å². The van der Waals surface area contributed by atoms with Crippen molar-refractivity contribution in [3.63, 3.8) is 0 Å². The van der Waals surface area contributed by atoms with Gasteiger partial charge in [0.1, 0.15) is 5.01 Å². The summed E-state index contributed by atoms with van der Waals surface area (Å²) >= 11 is 4.49. The molecule has 0 radical (unpaired) electrons. The SMILES string of the molecule is CCOC(=O)Cc1nnc(Br)s1. The Kier molecular flexibility index (Phi) is 3.61. The Morgan fingerprint density at radius 2 is 2.42 bits per heavy atom. The molecule has 66 valence electrons. The van der Waals surface area contributed by atoms with E-state index in [2.05, 4.69) is 26.1 Å². The Hall–Kier alpha value is -0.490. The summed E-state index contributed by atoms with van der Waals surface area (Å²) in [5.74, 6) is -0.263. The van der Waals surface area contributed by atoms with Crippen molar-refractivity contribution in [1.29, 1.82) is 0 Å². The fourth-order valence-electron chi connectivity index (χ4n) is 0.640. The Labute approximate surface area is 82.1 Å². The van der Waals surface area contributed by atoms with E-state index in [0.29, 0.717) is 15.5 Å². The van der Waals surface area contributed by atoms with Crippen molar-refractivity contribution in [2.45, 2.75) is 13.3 Å². The monoisotopic (exact) mass is 250 g/mol. The maximum Gasteiger partial charge on any atom is 0.312 e. The van der Waals surface area contributed by atoms with Crippen molar-refractivity contribution in [1.82, 2.24) is 10.2 Å². The molecule has 1 aromatic heterocycles. The van der Waals surface area contributed by atoms with E-state index in [1.165, 1.54) is 11.3 Å². The number of aromatic nitrogens is 2. The van der Waals surface area contributed by atoms with E-state index >= 15 is 0 Å². The molecule has 4 nitrogen and oxygen atoms in total. The van der Waals surface area contributed by atoms with Crippen LogP contribution < -0.4 is 0 Å². The van der Waals surface area contributed by atoms with Crippen LogP contribution in [0.15, 0.2) is 3.92 Å². The predicted octanol–water partition coefficient (Wildman–Crippen LogP) is 1.41. The first-order valence-electron chi connectivity index (χ1n) is 3.36. The van der Waals surface area contributed by atoms with E-state index < -0.39 is 0 Å². The Bertz CT molecular complexity index is 276. The van der Waals surface area contributed by atoms with Crippen molar-refractivity contribution in [3.8, 4) is 0 Å². The number of carbonyl (C=O) groups is 1. The summed E-state index contributed by atoms with van der Waals surface area (Å²) in [5, 5.41) is 8.13. The molecule has 1 aromatic rings. The van der Waals surface area contributed by atoms with Gasteiger partial charge >= 0.3 is 5.97 Å². The van der Waals surface area contributed by atoms with Gasteiger partial charge in [0.2, 0.25) is 0 Å². The molecular formula is C6H7BrN2O2S. The van der Waals surface area contributed by atoms with Crippen LogP contribution in [0.4, 0.5) is 0 Å². The average molecular weight is 251 g/mol. The van der Waals surface area contributed by atoms with Crippen LogP contribution in [0.5, 0.6) is 0 Å². The summed E-state index contributed by atoms with van der Waals surface area (Å²) in [5.41, 5.74) is 0. The summed E-state index contributed by atoms with van der Waals surface area (Å²) in [4.78, 5) is 10.9. The highest BCUT2D eigenvalue weighted by molar-refractivity contribution is 9.11. The number of nitrogens with zero attached hydrogens (tertiary/aromatic N) is 2. The topological polar surface area (TPSA) is 52.1 Å². The van der Waals surface area contributed by atoms with Crippen molar-refractivity contribution in [3.05, 3.63) is 8.92 Å². The molecule has 0 spiro atoms. The summed E-state index contributed by atoms with van der Waals surface area (Å²) in [6.45, 7) is 2.17. The lowest BCUT2D eigenvalue weighted by atomic mass is 10.5. The molecule has 12 heavy (non-hydrogen) atoms. The lowest BCUT2D eigenvalue weighted by molar-refractivity contribution is -0.142. The standard InChI is InChI=1S/C6H7BrN2O2S/c1-2-11-5(10)3-4-8-9-6(7)12-4/h2-3H2,1H3. The van der Waals surface area contributed by atoms with Gasteiger partial charge in [0.05, 0.1) is 13.0 Å².